The SMILES string of the molecule is CC(=O)c1cccc(-c2cc(=O)on2C)c1. The molecule has 0 spiro atoms. The van der Waals surface area contributed by atoms with Crippen molar-refractivity contribution in [3.8, 4) is 11.3 Å². The predicted octanol–water partition coefficient (Wildman–Crippen LogP) is 1.85. The van der Waals surface area contributed by atoms with Crippen LogP contribution < -0.4 is 5.63 Å². The van der Waals surface area contributed by atoms with E-state index in [1.165, 1.54) is 17.7 Å². The lowest BCUT2D eigenvalue weighted by Crippen LogP contribution is -1.94. The summed E-state index contributed by atoms with van der Waals surface area (Å²) in [4.78, 5) is 22.3. The molecule has 4 heteroatoms. The van der Waals surface area contributed by atoms with Gasteiger partial charge in [-0.05, 0) is 13.0 Å². The van der Waals surface area contributed by atoms with Crippen LogP contribution in [-0.4, -0.2) is 10.5 Å². The first-order valence-electron chi connectivity index (χ1n) is 4.86. The van der Waals surface area contributed by atoms with Crippen molar-refractivity contribution in [2.24, 2.45) is 7.05 Å². The Morgan fingerprint density at radius 2 is 2.06 bits per heavy atom. The molecule has 0 bridgehead atoms. The molecule has 4 nitrogen and oxygen atoms in total. The third kappa shape index (κ3) is 1.82. The molecule has 0 N–H and O–H groups in total. The molecule has 0 saturated carbocycles. The van der Waals surface area contributed by atoms with E-state index in [1.807, 2.05) is 6.07 Å². The maximum absolute atomic E-state index is 11.2. The van der Waals surface area contributed by atoms with Crippen LogP contribution in [0, 0.1) is 0 Å². The van der Waals surface area contributed by atoms with Crippen molar-refractivity contribution < 1.29 is 9.32 Å². The van der Waals surface area contributed by atoms with E-state index in [2.05, 4.69) is 0 Å². The van der Waals surface area contributed by atoms with Crippen LogP contribution in [0.5, 0.6) is 0 Å². The average molecular weight is 217 g/mol. The van der Waals surface area contributed by atoms with Crippen LogP contribution in [0.25, 0.3) is 11.3 Å². The molecule has 0 saturated heterocycles. The maximum Gasteiger partial charge on any atom is 0.358 e. The first-order valence-corrected chi connectivity index (χ1v) is 4.86. The molecule has 0 atom stereocenters. The number of rotatable bonds is 2. The summed E-state index contributed by atoms with van der Waals surface area (Å²) in [7, 11) is 1.65. The smallest absolute Gasteiger partial charge is 0.336 e. The van der Waals surface area contributed by atoms with Gasteiger partial charge >= 0.3 is 5.63 Å². The lowest BCUT2D eigenvalue weighted by molar-refractivity contribution is 0.101. The highest BCUT2D eigenvalue weighted by Crippen LogP contribution is 2.18. The van der Waals surface area contributed by atoms with E-state index in [0.29, 0.717) is 11.3 Å². The van der Waals surface area contributed by atoms with Crippen molar-refractivity contribution in [1.29, 1.82) is 0 Å². The molecule has 0 aliphatic heterocycles. The van der Waals surface area contributed by atoms with E-state index >= 15 is 0 Å². The Labute approximate surface area is 92.1 Å². The van der Waals surface area contributed by atoms with Gasteiger partial charge in [-0.3, -0.25) is 4.79 Å². The Kier molecular flexibility index (Phi) is 2.48. The largest absolute Gasteiger partial charge is 0.358 e. The highest BCUT2D eigenvalue weighted by atomic mass is 16.5. The van der Waals surface area contributed by atoms with Crippen molar-refractivity contribution in [3.05, 3.63) is 46.3 Å². The second-order valence-corrected chi connectivity index (χ2v) is 3.57. The van der Waals surface area contributed by atoms with Gasteiger partial charge < -0.3 is 4.52 Å². The maximum atomic E-state index is 11.2. The molecule has 0 radical (unpaired) electrons. The normalized spacial score (nSPS) is 10.4. The van der Waals surface area contributed by atoms with E-state index < -0.39 is 5.63 Å². The standard InChI is InChI=1S/C12H11NO3/c1-8(14)9-4-3-5-10(6-9)11-7-12(15)16-13(11)2/h3-7H,1-2H3. The summed E-state index contributed by atoms with van der Waals surface area (Å²) in [6, 6.07) is 8.50. The molecular weight excluding hydrogens is 206 g/mol. The third-order valence-corrected chi connectivity index (χ3v) is 2.39. The molecule has 0 amide bonds. The fraction of sp³-hybridized carbons (Fsp3) is 0.167. The number of hydrogen-bond donors (Lipinski definition) is 0. The fourth-order valence-electron chi connectivity index (χ4n) is 1.58. The zero-order chi connectivity index (χ0) is 11.7. The number of carbonyl (C=O) groups excluding carboxylic acids is 1. The van der Waals surface area contributed by atoms with Gasteiger partial charge in [0.1, 0.15) is 0 Å². The second kappa shape index (κ2) is 3.81. The fourth-order valence-corrected chi connectivity index (χ4v) is 1.58. The number of Topliss-reactive ketones (excluding diaryl/α,β-unsaturated/α-hetero) is 1. The Bertz CT molecular complexity index is 592. The van der Waals surface area contributed by atoms with Crippen LogP contribution in [0.1, 0.15) is 17.3 Å². The van der Waals surface area contributed by atoms with Gasteiger partial charge in [-0.25, -0.2) is 9.53 Å². The monoisotopic (exact) mass is 217 g/mol. The number of carbonyl (C=O) groups is 1. The Morgan fingerprint density at radius 3 is 2.62 bits per heavy atom. The van der Waals surface area contributed by atoms with Crippen LogP contribution in [-0.2, 0) is 7.05 Å². The highest BCUT2D eigenvalue weighted by molar-refractivity contribution is 5.95. The summed E-state index contributed by atoms with van der Waals surface area (Å²) < 4.78 is 6.24. The van der Waals surface area contributed by atoms with Gasteiger partial charge in [-0.2, -0.15) is 0 Å². The van der Waals surface area contributed by atoms with Gasteiger partial charge in [0.05, 0.1) is 11.8 Å². The van der Waals surface area contributed by atoms with Crippen molar-refractivity contribution >= 4 is 5.78 Å². The number of benzene rings is 1. The molecule has 2 rings (SSSR count). The van der Waals surface area contributed by atoms with Crippen LogP contribution in [0.4, 0.5) is 0 Å². The van der Waals surface area contributed by atoms with Crippen LogP contribution in [0.2, 0.25) is 0 Å². The Morgan fingerprint density at radius 1 is 1.31 bits per heavy atom. The lowest BCUT2D eigenvalue weighted by atomic mass is 10.1. The summed E-state index contributed by atoms with van der Waals surface area (Å²) in [5.41, 5.74) is 1.67. The van der Waals surface area contributed by atoms with Crippen LogP contribution in [0.15, 0.2) is 39.6 Å². The minimum Gasteiger partial charge on any atom is -0.336 e. The first kappa shape index (κ1) is 10.4. The minimum atomic E-state index is -0.397. The molecule has 0 fully saturated rings. The average Bonchev–Trinajstić information content (AvgIpc) is 2.58. The van der Waals surface area contributed by atoms with Gasteiger partial charge in [0, 0.05) is 18.2 Å². The van der Waals surface area contributed by atoms with Gasteiger partial charge in [-0.15, -0.1) is 0 Å². The third-order valence-electron chi connectivity index (χ3n) is 2.39. The quantitative estimate of drug-likeness (QED) is 0.721. The van der Waals surface area contributed by atoms with Crippen LogP contribution >= 0.6 is 0 Å². The number of nitrogens with zero attached hydrogens (tertiary/aromatic N) is 1. The summed E-state index contributed by atoms with van der Waals surface area (Å²) in [5, 5.41) is 0. The summed E-state index contributed by atoms with van der Waals surface area (Å²) in [6.07, 6.45) is 0. The summed E-state index contributed by atoms with van der Waals surface area (Å²) in [5.74, 6) is -0.00431. The van der Waals surface area contributed by atoms with Crippen LogP contribution in [0.3, 0.4) is 0 Å². The van der Waals surface area contributed by atoms with Crippen molar-refractivity contribution in [3.63, 3.8) is 0 Å². The molecule has 1 heterocycles. The molecule has 0 unspecified atom stereocenters. The van der Waals surface area contributed by atoms with E-state index in [4.69, 9.17) is 4.52 Å². The van der Waals surface area contributed by atoms with Crippen molar-refractivity contribution in [1.82, 2.24) is 4.74 Å². The summed E-state index contributed by atoms with van der Waals surface area (Å²) in [6.45, 7) is 1.51. The van der Waals surface area contributed by atoms with Gasteiger partial charge in [0.25, 0.3) is 0 Å². The van der Waals surface area contributed by atoms with E-state index in [0.717, 1.165) is 5.56 Å². The molecule has 1 aromatic carbocycles. The van der Waals surface area contributed by atoms with E-state index in [1.54, 1.807) is 25.2 Å². The Balaban J connectivity index is 2.56. The molecule has 16 heavy (non-hydrogen) atoms. The van der Waals surface area contributed by atoms with E-state index in [-0.39, 0.29) is 5.78 Å². The highest BCUT2D eigenvalue weighted by Gasteiger charge is 2.08. The lowest BCUT2D eigenvalue weighted by Gasteiger charge is -2.02. The molecule has 82 valence electrons. The van der Waals surface area contributed by atoms with Crippen molar-refractivity contribution in [2.45, 2.75) is 6.92 Å². The number of ketones is 1. The van der Waals surface area contributed by atoms with Gasteiger partial charge in [0.2, 0.25) is 0 Å². The zero-order valence-corrected chi connectivity index (χ0v) is 9.06. The van der Waals surface area contributed by atoms with Gasteiger partial charge in [-0.1, -0.05) is 18.2 Å². The minimum absolute atomic E-state index is 0.00431. The van der Waals surface area contributed by atoms with Crippen molar-refractivity contribution in [2.75, 3.05) is 0 Å². The number of aryl methyl sites for hydroxylation is 1. The first-order chi connectivity index (χ1) is 7.58. The molecular formula is C12H11NO3. The predicted molar refractivity (Wildman–Crippen MR) is 59.4 cm³/mol. The number of hydrogen-bond acceptors (Lipinski definition) is 3. The van der Waals surface area contributed by atoms with Gasteiger partial charge in [0.15, 0.2) is 5.78 Å². The molecule has 0 aliphatic carbocycles. The second-order valence-electron chi connectivity index (χ2n) is 3.57. The zero-order valence-electron chi connectivity index (χ0n) is 9.06. The molecule has 0 aliphatic rings. The Hall–Kier alpha value is -2.10. The molecule has 2 aromatic rings. The number of aromatic nitrogens is 1. The molecule has 1 aromatic heterocycles. The summed E-state index contributed by atoms with van der Waals surface area (Å²) >= 11 is 0. The topological polar surface area (TPSA) is 52.2 Å². The van der Waals surface area contributed by atoms with E-state index in [9.17, 15) is 9.59 Å².